The molecule has 0 aliphatic rings. The molecule has 0 aliphatic heterocycles. The number of benzene rings is 1. The van der Waals surface area contributed by atoms with Gasteiger partial charge in [-0.1, -0.05) is 44.5 Å². The van der Waals surface area contributed by atoms with Crippen LogP contribution in [0.15, 0.2) is 60.9 Å². The molecular formula is C25H25ClFN5. The Balaban J connectivity index is 1.71. The van der Waals surface area contributed by atoms with E-state index < -0.39 is 5.41 Å². The van der Waals surface area contributed by atoms with Gasteiger partial charge in [-0.2, -0.15) is 0 Å². The minimum Gasteiger partial charge on any atom is -0.252 e. The summed E-state index contributed by atoms with van der Waals surface area (Å²) in [5.74, 6) is 1.07. The van der Waals surface area contributed by atoms with Crippen LogP contribution in [0.3, 0.4) is 0 Å². The molecule has 7 heteroatoms. The Labute approximate surface area is 192 Å². The van der Waals surface area contributed by atoms with Gasteiger partial charge < -0.3 is 0 Å². The Morgan fingerprint density at radius 1 is 0.875 bits per heavy atom. The van der Waals surface area contributed by atoms with E-state index in [0.717, 1.165) is 17.2 Å². The first-order chi connectivity index (χ1) is 15.1. The highest BCUT2D eigenvalue weighted by atomic mass is 35.5. The highest BCUT2D eigenvalue weighted by molar-refractivity contribution is 6.33. The van der Waals surface area contributed by atoms with Crippen molar-refractivity contribution in [1.82, 2.24) is 24.7 Å². The normalized spacial score (nSPS) is 12.2. The maximum absolute atomic E-state index is 13.5. The number of pyridine rings is 2. The van der Waals surface area contributed by atoms with E-state index in [4.69, 9.17) is 21.6 Å². The van der Waals surface area contributed by atoms with Crippen LogP contribution >= 0.6 is 11.6 Å². The Bertz CT molecular complexity index is 1270. The van der Waals surface area contributed by atoms with Gasteiger partial charge in [-0.25, -0.2) is 19.0 Å². The van der Waals surface area contributed by atoms with Crippen LogP contribution in [0.25, 0.3) is 17.1 Å². The fourth-order valence-electron chi connectivity index (χ4n) is 3.38. The van der Waals surface area contributed by atoms with Crippen molar-refractivity contribution in [3.05, 3.63) is 89.0 Å². The lowest BCUT2D eigenvalue weighted by Gasteiger charge is -2.24. The molecule has 0 radical (unpaired) electrons. The van der Waals surface area contributed by atoms with Gasteiger partial charge in [0, 0.05) is 16.4 Å². The van der Waals surface area contributed by atoms with E-state index in [9.17, 15) is 4.39 Å². The highest BCUT2D eigenvalue weighted by Gasteiger charge is 2.28. The van der Waals surface area contributed by atoms with Gasteiger partial charge in [-0.3, -0.25) is 4.98 Å². The predicted octanol–water partition coefficient (Wildman–Crippen LogP) is 6.14. The van der Waals surface area contributed by atoms with Crippen molar-refractivity contribution in [2.45, 2.75) is 45.4 Å². The summed E-state index contributed by atoms with van der Waals surface area (Å²) in [4.78, 5) is 14.1. The average molecular weight is 450 g/mol. The van der Waals surface area contributed by atoms with Crippen molar-refractivity contribution in [1.29, 1.82) is 0 Å². The van der Waals surface area contributed by atoms with Crippen LogP contribution in [0.5, 0.6) is 0 Å². The third-order valence-electron chi connectivity index (χ3n) is 5.37. The second-order valence-electron chi connectivity index (χ2n) is 9.30. The Morgan fingerprint density at radius 2 is 1.56 bits per heavy atom. The predicted molar refractivity (Wildman–Crippen MR) is 125 cm³/mol. The summed E-state index contributed by atoms with van der Waals surface area (Å²) in [6.45, 7) is 10.4. The molecule has 0 bridgehead atoms. The van der Waals surface area contributed by atoms with Crippen LogP contribution in [0.1, 0.15) is 51.8 Å². The molecule has 0 N–H and O–H groups in total. The van der Waals surface area contributed by atoms with Crippen molar-refractivity contribution < 1.29 is 4.39 Å². The topological polar surface area (TPSA) is 56.5 Å². The van der Waals surface area contributed by atoms with Gasteiger partial charge >= 0.3 is 0 Å². The first-order valence-corrected chi connectivity index (χ1v) is 10.8. The van der Waals surface area contributed by atoms with Crippen LogP contribution in [0.4, 0.5) is 4.39 Å². The standard InChI is InChI=1S/C25H25ClFN5/c1-24(2,3)23-28-15-32(31-23)22-11-7-10-21(30-22)25(4,5)20-9-6-8-19(29-20)17-13-12-16(27)14-18(17)26/h6-15H,1-5H3. The highest BCUT2D eigenvalue weighted by Crippen LogP contribution is 2.33. The Kier molecular flexibility index (Phi) is 5.59. The smallest absolute Gasteiger partial charge is 0.156 e. The van der Waals surface area contributed by atoms with Crippen LogP contribution in [-0.4, -0.2) is 24.7 Å². The van der Waals surface area contributed by atoms with Crippen LogP contribution in [0, 0.1) is 5.82 Å². The van der Waals surface area contributed by atoms with Gasteiger partial charge in [-0.05, 0) is 56.3 Å². The van der Waals surface area contributed by atoms with E-state index in [0.29, 0.717) is 22.1 Å². The second kappa shape index (κ2) is 8.10. The lowest BCUT2D eigenvalue weighted by molar-refractivity contribution is 0.542. The lowest BCUT2D eigenvalue weighted by atomic mass is 9.84. The number of hydrogen-bond acceptors (Lipinski definition) is 4. The third-order valence-corrected chi connectivity index (χ3v) is 5.68. The number of aromatic nitrogens is 5. The van der Waals surface area contributed by atoms with Crippen LogP contribution in [0.2, 0.25) is 5.02 Å². The van der Waals surface area contributed by atoms with Crippen molar-refractivity contribution in [3.8, 4) is 17.1 Å². The molecule has 164 valence electrons. The SMILES string of the molecule is CC(C)(C)c1ncn(-c2cccc(C(C)(C)c3cccc(-c4ccc(F)cc4Cl)n3)n2)n1. The molecule has 4 aromatic rings. The van der Waals surface area contributed by atoms with E-state index in [1.54, 1.807) is 17.1 Å². The lowest BCUT2D eigenvalue weighted by Crippen LogP contribution is -2.23. The van der Waals surface area contributed by atoms with E-state index in [1.165, 1.54) is 12.1 Å². The zero-order chi connectivity index (χ0) is 23.1. The maximum Gasteiger partial charge on any atom is 0.156 e. The first kappa shape index (κ1) is 22.1. The summed E-state index contributed by atoms with van der Waals surface area (Å²) < 4.78 is 15.2. The number of halogens is 2. The first-order valence-electron chi connectivity index (χ1n) is 10.4. The summed E-state index contributed by atoms with van der Waals surface area (Å²) in [7, 11) is 0. The van der Waals surface area contributed by atoms with Crippen molar-refractivity contribution in [2.24, 2.45) is 0 Å². The van der Waals surface area contributed by atoms with E-state index in [-0.39, 0.29) is 11.2 Å². The third kappa shape index (κ3) is 4.28. The van der Waals surface area contributed by atoms with Crippen molar-refractivity contribution in [2.75, 3.05) is 0 Å². The van der Waals surface area contributed by atoms with Gasteiger partial charge in [0.25, 0.3) is 0 Å². The molecule has 0 saturated heterocycles. The molecule has 3 aromatic heterocycles. The summed E-state index contributed by atoms with van der Waals surface area (Å²) in [5, 5.41) is 4.93. The molecule has 5 nitrogen and oxygen atoms in total. The van der Waals surface area contributed by atoms with Gasteiger partial charge in [0.05, 0.1) is 22.1 Å². The summed E-state index contributed by atoms with van der Waals surface area (Å²) in [6.07, 6.45) is 1.69. The minimum absolute atomic E-state index is 0.145. The largest absolute Gasteiger partial charge is 0.252 e. The van der Waals surface area contributed by atoms with Gasteiger partial charge in [-0.15, -0.1) is 5.10 Å². The Hall–Kier alpha value is -3.12. The monoisotopic (exact) mass is 449 g/mol. The molecule has 1 aromatic carbocycles. The zero-order valence-electron chi connectivity index (χ0n) is 18.8. The summed E-state index contributed by atoms with van der Waals surface area (Å²) in [5.41, 5.74) is 2.40. The minimum atomic E-state index is -0.494. The second-order valence-corrected chi connectivity index (χ2v) is 9.71. The van der Waals surface area contributed by atoms with Crippen molar-refractivity contribution >= 4 is 11.6 Å². The van der Waals surface area contributed by atoms with Crippen LogP contribution in [-0.2, 0) is 10.8 Å². The molecular weight excluding hydrogens is 425 g/mol. The van der Waals surface area contributed by atoms with E-state index in [1.807, 2.05) is 36.4 Å². The zero-order valence-corrected chi connectivity index (χ0v) is 19.5. The average Bonchev–Trinajstić information content (AvgIpc) is 3.25. The fourth-order valence-corrected chi connectivity index (χ4v) is 3.64. The summed E-state index contributed by atoms with van der Waals surface area (Å²) in [6, 6.07) is 15.9. The molecule has 32 heavy (non-hydrogen) atoms. The van der Waals surface area contributed by atoms with Crippen LogP contribution < -0.4 is 0 Å². The van der Waals surface area contributed by atoms with E-state index in [2.05, 4.69) is 44.7 Å². The van der Waals surface area contributed by atoms with Gasteiger partial charge in [0.15, 0.2) is 11.6 Å². The molecule has 0 atom stereocenters. The fraction of sp³-hybridized carbons (Fsp3) is 0.280. The molecule has 0 aliphatic carbocycles. The number of rotatable bonds is 4. The molecule has 0 amide bonds. The number of hydrogen-bond donors (Lipinski definition) is 0. The molecule has 0 fully saturated rings. The quantitative estimate of drug-likeness (QED) is 0.375. The summed E-state index contributed by atoms with van der Waals surface area (Å²) >= 11 is 6.26. The maximum atomic E-state index is 13.5. The molecule has 4 rings (SSSR count). The molecule has 0 spiro atoms. The van der Waals surface area contributed by atoms with Gasteiger partial charge in [0.2, 0.25) is 0 Å². The van der Waals surface area contributed by atoms with E-state index >= 15 is 0 Å². The van der Waals surface area contributed by atoms with Crippen molar-refractivity contribution in [3.63, 3.8) is 0 Å². The molecule has 3 heterocycles. The van der Waals surface area contributed by atoms with Gasteiger partial charge in [0.1, 0.15) is 12.1 Å². The molecule has 0 unspecified atom stereocenters. The number of nitrogens with zero attached hydrogens (tertiary/aromatic N) is 5. The Morgan fingerprint density at radius 3 is 2.22 bits per heavy atom. The molecule has 0 saturated carbocycles.